The molecule has 26 nitrogen and oxygen atoms in total. The predicted octanol–water partition coefficient (Wildman–Crippen LogP) is 1.97. The summed E-state index contributed by atoms with van der Waals surface area (Å²) < 4.78 is 34.0. The van der Waals surface area contributed by atoms with Crippen LogP contribution in [0.25, 0.3) is 33.4 Å². The Balaban J connectivity index is 1.45. The van der Waals surface area contributed by atoms with Crippen LogP contribution >= 0.6 is 0 Å². The van der Waals surface area contributed by atoms with Gasteiger partial charge < -0.3 is 105 Å². The molecule has 0 saturated heterocycles. The second kappa shape index (κ2) is 14.7. The van der Waals surface area contributed by atoms with Crippen molar-refractivity contribution in [2.45, 2.75) is 30.5 Å². The molecule has 0 aliphatic carbocycles. The summed E-state index contributed by atoms with van der Waals surface area (Å²) in [6, 6.07) is 1.15. The van der Waals surface area contributed by atoms with E-state index in [1.54, 1.807) is 0 Å². The van der Waals surface area contributed by atoms with Crippen LogP contribution in [0.15, 0.2) is 18.2 Å². The maximum absolute atomic E-state index is 15.1. The minimum absolute atomic E-state index is 0.348. The van der Waals surface area contributed by atoms with Crippen LogP contribution in [0.1, 0.15) is 63.5 Å². The second-order valence-corrected chi connectivity index (χ2v) is 15.2. The zero-order valence-corrected chi connectivity index (χ0v) is 33.5. The molecule has 5 heterocycles. The van der Waals surface area contributed by atoms with Gasteiger partial charge in [0.05, 0.1) is 27.8 Å². The molecule has 352 valence electrons. The van der Waals surface area contributed by atoms with Gasteiger partial charge in [0.25, 0.3) is 0 Å². The van der Waals surface area contributed by atoms with Crippen LogP contribution in [-0.4, -0.2) is 145 Å². The molecule has 68 heavy (non-hydrogen) atoms. The summed E-state index contributed by atoms with van der Waals surface area (Å²) >= 11 is 0. The molecule has 5 atom stereocenters. The maximum atomic E-state index is 15.1. The number of hydrogen-bond acceptors (Lipinski definition) is 26. The molecule has 26 heteroatoms. The van der Waals surface area contributed by atoms with E-state index in [2.05, 4.69) is 0 Å². The summed E-state index contributed by atoms with van der Waals surface area (Å²) in [4.78, 5) is 72.9. The van der Waals surface area contributed by atoms with Crippen LogP contribution in [0.5, 0.6) is 86.2 Å². The van der Waals surface area contributed by atoms with Crippen molar-refractivity contribution in [1.82, 2.24) is 0 Å². The molecule has 6 bridgehead atoms. The number of fused-ring (bicyclic) bond motifs is 7. The topological polar surface area (TPSA) is 444 Å². The summed E-state index contributed by atoms with van der Waals surface area (Å²) in [5.74, 6) is -31.3. The van der Waals surface area contributed by atoms with Crippen LogP contribution in [0, 0.1) is 0 Å². The van der Waals surface area contributed by atoms with Gasteiger partial charge in [-0.3, -0.25) is 0 Å². The Morgan fingerprint density at radius 2 is 0.750 bits per heavy atom. The van der Waals surface area contributed by atoms with Gasteiger partial charge in [0.1, 0.15) is 12.7 Å². The van der Waals surface area contributed by atoms with Crippen LogP contribution < -0.4 is 0 Å². The molecule has 5 aliphatic heterocycles. The number of rotatable bonds is 1. The highest BCUT2D eigenvalue weighted by atomic mass is 16.6. The Hall–Kier alpha value is -9.59. The van der Waals surface area contributed by atoms with Crippen LogP contribution in [0.4, 0.5) is 0 Å². The summed E-state index contributed by atoms with van der Waals surface area (Å²) in [5, 5.41) is 166. The minimum atomic E-state index is -2.69. The van der Waals surface area contributed by atoms with Crippen molar-refractivity contribution in [3.05, 3.63) is 51.6 Å². The van der Waals surface area contributed by atoms with Crippen molar-refractivity contribution in [2.24, 2.45) is 0 Å². The van der Waals surface area contributed by atoms with Gasteiger partial charge in [-0.05, 0) is 18.2 Å². The summed E-state index contributed by atoms with van der Waals surface area (Å²) in [6.07, 6.45) is -12.4. The van der Waals surface area contributed by atoms with E-state index in [0.29, 0.717) is 18.2 Å². The van der Waals surface area contributed by atoms with Gasteiger partial charge in [0.15, 0.2) is 81.9 Å². The molecule has 0 aromatic heterocycles. The lowest BCUT2D eigenvalue weighted by atomic mass is 9.80. The maximum Gasteiger partial charge on any atom is 0.340 e. The Morgan fingerprint density at radius 3 is 1.25 bits per heavy atom. The minimum Gasteiger partial charge on any atom is -0.504 e. The van der Waals surface area contributed by atoms with Crippen molar-refractivity contribution in [2.75, 3.05) is 13.7 Å². The lowest BCUT2D eigenvalue weighted by Gasteiger charge is -2.41. The van der Waals surface area contributed by atoms with Crippen LogP contribution in [-0.2, 0) is 28.4 Å². The SMILES string of the molecule is CO[C@@H]1c2c(O)c(O)c(O)c3c2C(=O)O[C@@H]1[C@@H]1OC(=O)c2c(c(O)c(O)c(O)c2-3)-c2c(cc(O)c(O)c2O)C(=O)O[C@H]2COC(=O)c3cc(O)c(O)c(O)c3-c3c(cc(O)c(O)c3O)C(=O)O[C@H]12. The molecule has 0 amide bonds. The third-order valence-corrected chi connectivity index (χ3v) is 11.7. The molecule has 0 spiro atoms. The number of hydrogen-bond donors (Lipinski definition) is 15. The molecule has 5 aromatic carbocycles. The Labute approximate surface area is 373 Å². The molecular formula is C42H28O26. The number of ether oxygens (including phenoxy) is 6. The van der Waals surface area contributed by atoms with Gasteiger partial charge in [-0.25, -0.2) is 24.0 Å². The number of phenolic OH excluding ortho intramolecular Hbond substituents is 15. The third-order valence-electron chi connectivity index (χ3n) is 11.7. The summed E-state index contributed by atoms with van der Waals surface area (Å²) in [6.45, 7) is -1.47. The number of methoxy groups -OCH3 is 1. The third kappa shape index (κ3) is 5.76. The van der Waals surface area contributed by atoms with Crippen molar-refractivity contribution in [3.63, 3.8) is 0 Å². The number of phenols is 15. The van der Waals surface area contributed by atoms with Crippen molar-refractivity contribution in [3.8, 4) is 120 Å². The monoisotopic (exact) mass is 948 g/mol. The Kier molecular flexibility index (Phi) is 9.45. The van der Waals surface area contributed by atoms with Crippen LogP contribution in [0.3, 0.4) is 0 Å². The van der Waals surface area contributed by atoms with Gasteiger partial charge in [-0.2, -0.15) is 0 Å². The van der Waals surface area contributed by atoms with E-state index in [0.717, 1.165) is 7.11 Å². The highest BCUT2D eigenvalue weighted by Gasteiger charge is 2.56. The Bertz CT molecular complexity index is 3210. The van der Waals surface area contributed by atoms with Crippen molar-refractivity contribution >= 4 is 29.8 Å². The van der Waals surface area contributed by atoms with Gasteiger partial charge >= 0.3 is 29.8 Å². The quantitative estimate of drug-likeness (QED) is 0.0649. The van der Waals surface area contributed by atoms with Gasteiger partial charge in [-0.1, -0.05) is 0 Å². The Morgan fingerprint density at radius 1 is 0.382 bits per heavy atom. The smallest absolute Gasteiger partial charge is 0.340 e. The molecule has 10 rings (SSSR count). The highest BCUT2D eigenvalue weighted by molar-refractivity contribution is 6.16. The lowest BCUT2D eigenvalue weighted by molar-refractivity contribution is -0.159. The molecule has 5 aromatic rings. The molecule has 0 radical (unpaired) electrons. The van der Waals surface area contributed by atoms with E-state index in [9.17, 15) is 95.8 Å². The first-order valence-electron chi connectivity index (χ1n) is 19.0. The second-order valence-electron chi connectivity index (χ2n) is 15.2. The normalized spacial score (nSPS) is 20.4. The molecule has 5 aliphatic rings. The fraction of sp³-hybridized carbons (Fsp3) is 0.167. The predicted molar refractivity (Wildman–Crippen MR) is 211 cm³/mol. The number of benzene rings is 5. The van der Waals surface area contributed by atoms with Crippen molar-refractivity contribution in [1.29, 1.82) is 0 Å². The van der Waals surface area contributed by atoms with E-state index in [4.69, 9.17) is 28.4 Å². The molecule has 0 fully saturated rings. The van der Waals surface area contributed by atoms with Gasteiger partial charge in [0.2, 0.25) is 28.7 Å². The van der Waals surface area contributed by atoms with E-state index in [1.165, 1.54) is 0 Å². The number of esters is 5. The molecular weight excluding hydrogens is 920 g/mol. The van der Waals surface area contributed by atoms with E-state index in [1.807, 2.05) is 0 Å². The average molecular weight is 949 g/mol. The van der Waals surface area contributed by atoms with E-state index in [-0.39, 0.29) is 0 Å². The number of carbonyl (C=O) groups excluding carboxylic acids is 5. The summed E-state index contributed by atoms with van der Waals surface area (Å²) in [7, 11) is 0.875. The standard InChI is InChI=1S/C42H28O26/c1-63-35-21-20-18(30(54)33(57)31(21)55)17-19-16(28(52)32(56)29(17)53)15-8(4-11(45)24(48)27(15)51)39(59)65-12-5-64-38(58)6-2-9(43)22(46)25(49)13(6)14-7(3-10(44)23(47)26(14)50)40(60)66-34(12)36(67-41(19)61)37(35)68-42(20)62/h2-4,12,34-37,43-57H,5H2,1H3/t12-,34-,35+,36+,37-/m0/s1. The zero-order valence-electron chi connectivity index (χ0n) is 33.5. The van der Waals surface area contributed by atoms with Gasteiger partial charge in [0, 0.05) is 46.1 Å². The van der Waals surface area contributed by atoms with E-state index < -0.39 is 220 Å². The average Bonchev–Trinajstić information content (AvgIpc) is 3.32. The lowest BCUT2D eigenvalue weighted by Crippen LogP contribution is -2.56. The first-order chi connectivity index (χ1) is 32.0. The van der Waals surface area contributed by atoms with Crippen molar-refractivity contribution < 1.29 is 129 Å². The fourth-order valence-corrected chi connectivity index (χ4v) is 8.62. The number of cyclic esters (lactones) is 1. The van der Waals surface area contributed by atoms with Crippen LogP contribution in [0.2, 0.25) is 0 Å². The first kappa shape index (κ1) is 43.7. The highest BCUT2D eigenvalue weighted by Crippen LogP contribution is 2.62. The van der Waals surface area contributed by atoms with E-state index >= 15 is 4.79 Å². The largest absolute Gasteiger partial charge is 0.504 e. The molecule has 15 N–H and O–H groups in total. The number of carbonyl (C=O) groups is 5. The number of aromatic hydroxyl groups is 15. The molecule has 0 saturated carbocycles. The van der Waals surface area contributed by atoms with Gasteiger partial charge in [-0.15, -0.1) is 0 Å². The fourth-order valence-electron chi connectivity index (χ4n) is 8.62. The zero-order chi connectivity index (χ0) is 49.4. The molecule has 0 unspecified atom stereocenters. The first-order valence-corrected chi connectivity index (χ1v) is 19.0. The summed E-state index contributed by atoms with van der Waals surface area (Å²) in [5.41, 5.74) is -14.1.